The molecule has 4 nitrogen and oxygen atoms in total. The summed E-state index contributed by atoms with van der Waals surface area (Å²) >= 11 is 0. The third kappa shape index (κ3) is 2.05. The molecular formula is C15H14O4. The van der Waals surface area contributed by atoms with Crippen LogP contribution in [-0.4, -0.2) is 26.2 Å². The van der Waals surface area contributed by atoms with Crippen molar-refractivity contribution in [2.75, 3.05) is 14.2 Å². The fourth-order valence-corrected chi connectivity index (χ4v) is 2.22. The Morgan fingerprint density at radius 1 is 0.842 bits per heavy atom. The van der Waals surface area contributed by atoms with Crippen molar-refractivity contribution >= 4 is 11.9 Å². The Bertz CT molecular complexity index is 616. The van der Waals surface area contributed by atoms with Crippen LogP contribution in [0.4, 0.5) is 0 Å². The molecule has 0 heterocycles. The Hall–Kier alpha value is -2.36. The highest BCUT2D eigenvalue weighted by molar-refractivity contribution is 6.12. The summed E-state index contributed by atoms with van der Waals surface area (Å²) in [6.45, 7) is 1.79. The van der Waals surface area contributed by atoms with E-state index < -0.39 is 11.9 Å². The lowest BCUT2D eigenvalue weighted by Crippen LogP contribution is -2.10. The maximum Gasteiger partial charge on any atom is 0.339 e. The second-order valence-electron chi connectivity index (χ2n) is 4.10. The molecule has 0 spiro atoms. The summed E-state index contributed by atoms with van der Waals surface area (Å²) in [7, 11) is 2.58. The van der Waals surface area contributed by atoms with Gasteiger partial charge < -0.3 is 9.47 Å². The summed E-state index contributed by atoms with van der Waals surface area (Å²) in [5.74, 6) is -1.07. The van der Waals surface area contributed by atoms with Crippen molar-refractivity contribution < 1.29 is 19.1 Å². The highest BCUT2D eigenvalue weighted by atomic mass is 16.5. The molecule has 0 aromatic heterocycles. The van der Waals surface area contributed by atoms with E-state index in [0.29, 0.717) is 5.56 Å². The van der Waals surface area contributed by atoms with E-state index in [4.69, 9.17) is 9.47 Å². The summed E-state index contributed by atoms with van der Waals surface area (Å²) in [6.07, 6.45) is 0. The number of rotatable bonds is 2. The van der Waals surface area contributed by atoms with Crippen LogP contribution in [0.5, 0.6) is 0 Å². The maximum atomic E-state index is 12.0. The molecule has 4 heteroatoms. The van der Waals surface area contributed by atoms with Gasteiger partial charge in [0.1, 0.15) is 0 Å². The normalized spacial score (nSPS) is 10.3. The van der Waals surface area contributed by atoms with E-state index in [-0.39, 0.29) is 11.1 Å². The molecule has 19 heavy (non-hydrogen) atoms. The third-order valence-electron chi connectivity index (χ3n) is 3.12. The standard InChI is InChI=1S/C15H14O4/c1-9-10-7-5-4-6-8-11(10)13(15(17)19-3)12(9)14(16)18-2/h4-8H,1-3H3. The van der Waals surface area contributed by atoms with E-state index in [0.717, 1.165) is 11.1 Å². The van der Waals surface area contributed by atoms with E-state index in [2.05, 4.69) is 0 Å². The number of esters is 2. The fourth-order valence-electron chi connectivity index (χ4n) is 2.22. The van der Waals surface area contributed by atoms with Crippen LogP contribution < -0.4 is 0 Å². The monoisotopic (exact) mass is 258 g/mol. The van der Waals surface area contributed by atoms with E-state index >= 15 is 0 Å². The molecule has 0 aromatic carbocycles. The van der Waals surface area contributed by atoms with Crippen molar-refractivity contribution in [3.63, 3.8) is 0 Å². The fraction of sp³-hybridized carbons (Fsp3) is 0.200. The topological polar surface area (TPSA) is 52.6 Å². The van der Waals surface area contributed by atoms with Crippen molar-refractivity contribution in [1.82, 2.24) is 0 Å². The average molecular weight is 258 g/mol. The second-order valence-corrected chi connectivity index (χ2v) is 4.10. The molecule has 0 atom stereocenters. The van der Waals surface area contributed by atoms with Crippen LogP contribution in [0.3, 0.4) is 0 Å². The Balaban J connectivity index is 2.84. The van der Waals surface area contributed by atoms with E-state index in [1.807, 2.05) is 24.3 Å². The van der Waals surface area contributed by atoms with Gasteiger partial charge in [0.15, 0.2) is 0 Å². The molecule has 0 saturated carbocycles. The number of hydrogen-bond donors (Lipinski definition) is 0. The lowest BCUT2D eigenvalue weighted by Gasteiger charge is -2.03. The maximum absolute atomic E-state index is 12.0. The largest absolute Gasteiger partial charge is 0.465 e. The van der Waals surface area contributed by atoms with Gasteiger partial charge in [-0.1, -0.05) is 30.3 Å². The van der Waals surface area contributed by atoms with E-state index in [1.165, 1.54) is 14.2 Å². The van der Waals surface area contributed by atoms with Crippen molar-refractivity contribution in [2.24, 2.45) is 0 Å². The van der Waals surface area contributed by atoms with Crippen LogP contribution in [0.1, 0.15) is 26.3 Å². The first kappa shape index (κ1) is 13.1. The predicted octanol–water partition coefficient (Wildman–Crippen LogP) is 2.67. The van der Waals surface area contributed by atoms with Crippen LogP contribution in [0.2, 0.25) is 0 Å². The van der Waals surface area contributed by atoms with Crippen molar-refractivity contribution in [1.29, 1.82) is 0 Å². The third-order valence-corrected chi connectivity index (χ3v) is 3.12. The number of carbonyl (C=O) groups is 2. The van der Waals surface area contributed by atoms with Crippen LogP contribution >= 0.6 is 0 Å². The second kappa shape index (κ2) is 5.10. The average Bonchev–Trinajstić information content (AvgIpc) is 2.60. The zero-order chi connectivity index (χ0) is 14.0. The first-order valence-electron chi connectivity index (χ1n) is 5.79. The van der Waals surface area contributed by atoms with E-state index in [9.17, 15) is 9.59 Å². The number of carbonyl (C=O) groups excluding carboxylic acids is 2. The SMILES string of the molecule is COC(=O)c1c2cccccc-2c(C)c1C(=O)OC. The molecule has 0 saturated heterocycles. The zero-order valence-electron chi connectivity index (χ0n) is 11.0. The molecule has 98 valence electrons. The van der Waals surface area contributed by atoms with Gasteiger partial charge in [-0.15, -0.1) is 0 Å². The van der Waals surface area contributed by atoms with Gasteiger partial charge in [-0.25, -0.2) is 9.59 Å². The van der Waals surface area contributed by atoms with Crippen LogP contribution in [-0.2, 0) is 9.47 Å². The number of hydrogen-bond acceptors (Lipinski definition) is 4. The highest BCUT2D eigenvalue weighted by Crippen LogP contribution is 2.36. The first-order valence-corrected chi connectivity index (χ1v) is 5.79. The first-order chi connectivity index (χ1) is 9.11. The molecule has 0 bridgehead atoms. The van der Waals surface area contributed by atoms with Gasteiger partial charge in [-0.2, -0.15) is 0 Å². The van der Waals surface area contributed by atoms with Crippen LogP contribution in [0.15, 0.2) is 30.3 Å². The minimum Gasteiger partial charge on any atom is -0.465 e. The Morgan fingerprint density at radius 2 is 1.37 bits per heavy atom. The van der Waals surface area contributed by atoms with Gasteiger partial charge in [-0.05, 0) is 23.6 Å². The lowest BCUT2D eigenvalue weighted by molar-refractivity contribution is 0.0556. The minimum absolute atomic E-state index is 0.262. The summed E-state index contributed by atoms with van der Waals surface area (Å²) in [5.41, 5.74) is 2.78. The van der Waals surface area contributed by atoms with Gasteiger partial charge in [0.05, 0.1) is 25.3 Å². The van der Waals surface area contributed by atoms with Crippen LogP contribution in [0, 0.1) is 6.92 Å². The molecule has 0 amide bonds. The van der Waals surface area contributed by atoms with Gasteiger partial charge in [0.2, 0.25) is 0 Å². The number of methoxy groups -OCH3 is 2. The molecule has 0 radical (unpaired) electrons. The minimum atomic E-state index is -0.537. The lowest BCUT2D eigenvalue weighted by atomic mass is 10.1. The molecule has 2 rings (SSSR count). The molecule has 0 aromatic rings. The number of fused-ring (bicyclic) bond motifs is 1. The molecule has 0 aliphatic heterocycles. The summed E-state index contributed by atoms with van der Waals surface area (Å²) < 4.78 is 9.54. The quantitative estimate of drug-likeness (QED) is 0.777. The molecule has 0 unspecified atom stereocenters. The molecule has 0 fully saturated rings. The summed E-state index contributed by atoms with van der Waals surface area (Å²) in [5, 5.41) is 0. The van der Waals surface area contributed by atoms with Crippen molar-refractivity contribution in [3.8, 4) is 11.1 Å². The van der Waals surface area contributed by atoms with Crippen molar-refractivity contribution in [3.05, 3.63) is 47.0 Å². The van der Waals surface area contributed by atoms with Gasteiger partial charge in [0, 0.05) is 0 Å². The number of ether oxygens (including phenoxy) is 2. The Kier molecular flexibility index (Phi) is 3.51. The Morgan fingerprint density at radius 3 is 1.95 bits per heavy atom. The molecule has 2 aliphatic rings. The van der Waals surface area contributed by atoms with Gasteiger partial charge in [0.25, 0.3) is 0 Å². The predicted molar refractivity (Wildman–Crippen MR) is 70.5 cm³/mol. The summed E-state index contributed by atoms with van der Waals surface area (Å²) in [6, 6.07) is 9.19. The van der Waals surface area contributed by atoms with Crippen LogP contribution in [0.25, 0.3) is 11.1 Å². The van der Waals surface area contributed by atoms with Gasteiger partial charge >= 0.3 is 11.9 Å². The Labute approximate surface area is 111 Å². The summed E-state index contributed by atoms with van der Waals surface area (Å²) in [4.78, 5) is 23.8. The smallest absolute Gasteiger partial charge is 0.339 e. The molecule has 2 aliphatic carbocycles. The molecule has 0 N–H and O–H groups in total. The zero-order valence-corrected chi connectivity index (χ0v) is 11.0. The van der Waals surface area contributed by atoms with Gasteiger partial charge in [-0.3, -0.25) is 0 Å². The molecular weight excluding hydrogens is 244 g/mol. The highest BCUT2D eigenvalue weighted by Gasteiger charge is 2.29. The van der Waals surface area contributed by atoms with Crippen molar-refractivity contribution in [2.45, 2.75) is 6.92 Å². The van der Waals surface area contributed by atoms with E-state index in [1.54, 1.807) is 13.0 Å².